The number of aromatic nitrogens is 5. The van der Waals surface area contributed by atoms with E-state index in [9.17, 15) is 4.79 Å². The number of aryl methyl sites for hydroxylation is 1. The zero-order valence-electron chi connectivity index (χ0n) is 8.58. The minimum atomic E-state index is -0.0244. The summed E-state index contributed by atoms with van der Waals surface area (Å²) in [6.07, 6.45) is 4.50. The van der Waals surface area contributed by atoms with Gasteiger partial charge in [0.05, 0.1) is 6.20 Å². The van der Waals surface area contributed by atoms with Crippen LogP contribution in [0.2, 0.25) is 0 Å². The molecule has 0 unspecified atom stereocenters. The van der Waals surface area contributed by atoms with Crippen LogP contribution in [0.15, 0.2) is 18.9 Å². The Morgan fingerprint density at radius 3 is 2.87 bits per heavy atom. The molecule has 0 aliphatic heterocycles. The minimum absolute atomic E-state index is 0.0244. The van der Waals surface area contributed by atoms with E-state index in [2.05, 4.69) is 15.1 Å². The lowest BCUT2D eigenvalue weighted by molar-refractivity contribution is 0.0959. The van der Waals surface area contributed by atoms with Crippen LogP contribution in [0.4, 0.5) is 0 Å². The monoisotopic (exact) mass is 205 g/mol. The second-order valence-electron chi connectivity index (χ2n) is 3.27. The second-order valence-corrected chi connectivity index (χ2v) is 3.27. The van der Waals surface area contributed by atoms with Gasteiger partial charge in [-0.1, -0.05) is 0 Å². The van der Waals surface area contributed by atoms with Crippen LogP contribution in [0, 0.1) is 6.92 Å². The maximum atomic E-state index is 11.8. The zero-order valence-corrected chi connectivity index (χ0v) is 8.58. The van der Waals surface area contributed by atoms with Crippen LogP contribution in [-0.4, -0.2) is 30.1 Å². The van der Waals surface area contributed by atoms with Crippen molar-refractivity contribution in [3.8, 4) is 0 Å². The van der Waals surface area contributed by atoms with Gasteiger partial charge in [-0.2, -0.15) is 5.10 Å². The molecule has 0 fully saturated rings. The predicted molar refractivity (Wildman–Crippen MR) is 52.3 cm³/mol. The average molecular weight is 205 g/mol. The fourth-order valence-corrected chi connectivity index (χ4v) is 1.30. The molecule has 0 atom stereocenters. The number of hydrogen-bond donors (Lipinski definition) is 0. The topological polar surface area (TPSA) is 65.6 Å². The summed E-state index contributed by atoms with van der Waals surface area (Å²) in [6, 6.07) is 0. The van der Waals surface area contributed by atoms with Crippen molar-refractivity contribution in [2.45, 2.75) is 13.5 Å². The lowest BCUT2D eigenvalue weighted by Gasteiger charge is -2.02. The van der Waals surface area contributed by atoms with Gasteiger partial charge in [-0.15, -0.1) is 0 Å². The quantitative estimate of drug-likeness (QED) is 0.671. The molecule has 0 aliphatic rings. The highest BCUT2D eigenvalue weighted by Crippen LogP contribution is 2.03. The van der Waals surface area contributed by atoms with Crippen LogP contribution in [-0.2, 0) is 13.6 Å². The van der Waals surface area contributed by atoms with Gasteiger partial charge < -0.3 is 4.57 Å². The Kier molecular flexibility index (Phi) is 2.32. The summed E-state index contributed by atoms with van der Waals surface area (Å²) >= 11 is 0. The number of Topliss-reactive ketones (excluding diaryl/α,β-unsaturated/α-hetero) is 1. The van der Waals surface area contributed by atoms with E-state index in [0.29, 0.717) is 5.69 Å². The number of imidazole rings is 1. The molecule has 0 saturated carbocycles. The van der Waals surface area contributed by atoms with Crippen molar-refractivity contribution >= 4 is 5.78 Å². The van der Waals surface area contributed by atoms with Gasteiger partial charge in [0.15, 0.2) is 0 Å². The van der Waals surface area contributed by atoms with Crippen molar-refractivity contribution in [3.63, 3.8) is 0 Å². The van der Waals surface area contributed by atoms with Gasteiger partial charge in [-0.05, 0) is 6.92 Å². The van der Waals surface area contributed by atoms with Gasteiger partial charge in [0.25, 0.3) is 0 Å². The van der Waals surface area contributed by atoms with Gasteiger partial charge in [-0.25, -0.2) is 14.6 Å². The fraction of sp³-hybridized carbons (Fsp3) is 0.333. The molecule has 6 nitrogen and oxygen atoms in total. The van der Waals surface area contributed by atoms with E-state index in [-0.39, 0.29) is 12.3 Å². The SMILES string of the molecule is Cc1ncc(C(=O)Cn2cncn2)n1C. The van der Waals surface area contributed by atoms with Gasteiger partial charge in [-0.3, -0.25) is 4.79 Å². The molecule has 0 aromatic carbocycles. The highest BCUT2D eigenvalue weighted by molar-refractivity contribution is 5.94. The second kappa shape index (κ2) is 3.64. The number of carbonyl (C=O) groups is 1. The Hall–Kier alpha value is -1.98. The largest absolute Gasteiger partial charge is 0.329 e. The Bertz CT molecular complexity index is 471. The zero-order chi connectivity index (χ0) is 10.8. The summed E-state index contributed by atoms with van der Waals surface area (Å²) in [5.74, 6) is 0.792. The molecule has 6 heteroatoms. The van der Waals surface area contributed by atoms with E-state index in [1.165, 1.54) is 17.3 Å². The number of ketones is 1. The predicted octanol–water partition coefficient (Wildman–Crippen LogP) is 0.203. The third kappa shape index (κ3) is 1.78. The Balaban J connectivity index is 2.19. The molecule has 0 bridgehead atoms. The van der Waals surface area contributed by atoms with Crippen molar-refractivity contribution in [1.82, 2.24) is 24.3 Å². The molecular weight excluding hydrogens is 194 g/mol. The standard InChI is InChI=1S/C9H11N5O/c1-7-11-3-8(13(7)2)9(15)4-14-6-10-5-12-14/h3,5-6H,4H2,1-2H3. The summed E-state index contributed by atoms with van der Waals surface area (Å²) in [4.78, 5) is 19.6. The molecule has 0 radical (unpaired) electrons. The summed E-state index contributed by atoms with van der Waals surface area (Å²) < 4.78 is 3.25. The van der Waals surface area contributed by atoms with Crippen molar-refractivity contribution in [1.29, 1.82) is 0 Å². The number of nitrogens with zero attached hydrogens (tertiary/aromatic N) is 5. The van der Waals surface area contributed by atoms with Gasteiger partial charge in [0.1, 0.15) is 30.7 Å². The Labute approximate surface area is 86.6 Å². The molecule has 78 valence electrons. The lowest BCUT2D eigenvalue weighted by Crippen LogP contribution is -2.14. The maximum Gasteiger partial charge on any atom is 0.202 e. The number of hydrogen-bond acceptors (Lipinski definition) is 4. The Morgan fingerprint density at radius 1 is 1.53 bits per heavy atom. The molecule has 0 amide bonds. The summed E-state index contributed by atoms with van der Waals surface area (Å²) in [5, 5.41) is 3.87. The highest BCUT2D eigenvalue weighted by Gasteiger charge is 2.12. The van der Waals surface area contributed by atoms with Crippen molar-refractivity contribution in [2.24, 2.45) is 7.05 Å². The van der Waals surface area contributed by atoms with Crippen LogP contribution < -0.4 is 0 Å². The molecule has 0 N–H and O–H groups in total. The van der Waals surface area contributed by atoms with E-state index in [0.717, 1.165) is 5.82 Å². The van der Waals surface area contributed by atoms with Crippen LogP contribution >= 0.6 is 0 Å². The summed E-state index contributed by atoms with van der Waals surface area (Å²) in [5.41, 5.74) is 0.586. The van der Waals surface area contributed by atoms with E-state index in [1.54, 1.807) is 10.8 Å². The fourth-order valence-electron chi connectivity index (χ4n) is 1.30. The molecule has 0 saturated heterocycles. The van der Waals surface area contributed by atoms with E-state index in [4.69, 9.17) is 0 Å². The minimum Gasteiger partial charge on any atom is -0.329 e. The molecule has 0 spiro atoms. The van der Waals surface area contributed by atoms with Crippen molar-refractivity contribution in [2.75, 3.05) is 0 Å². The van der Waals surface area contributed by atoms with Gasteiger partial charge in [0.2, 0.25) is 5.78 Å². The van der Waals surface area contributed by atoms with E-state index < -0.39 is 0 Å². The maximum absolute atomic E-state index is 11.8. The van der Waals surface area contributed by atoms with Crippen molar-refractivity contribution in [3.05, 3.63) is 30.4 Å². The normalized spacial score (nSPS) is 10.5. The molecule has 2 rings (SSSR count). The van der Waals surface area contributed by atoms with Crippen LogP contribution in [0.1, 0.15) is 16.3 Å². The summed E-state index contributed by atoms with van der Waals surface area (Å²) in [6.45, 7) is 2.05. The third-order valence-corrected chi connectivity index (χ3v) is 2.28. The number of carbonyl (C=O) groups excluding carboxylic acids is 1. The Morgan fingerprint density at radius 2 is 2.33 bits per heavy atom. The lowest BCUT2D eigenvalue weighted by atomic mass is 10.3. The molecular formula is C9H11N5O. The molecule has 2 heterocycles. The van der Waals surface area contributed by atoms with Crippen LogP contribution in [0.3, 0.4) is 0 Å². The molecule has 2 aromatic rings. The number of rotatable bonds is 3. The molecule has 15 heavy (non-hydrogen) atoms. The van der Waals surface area contributed by atoms with E-state index >= 15 is 0 Å². The third-order valence-electron chi connectivity index (χ3n) is 2.28. The average Bonchev–Trinajstić information content (AvgIpc) is 2.79. The van der Waals surface area contributed by atoms with Crippen molar-refractivity contribution < 1.29 is 4.79 Å². The smallest absolute Gasteiger partial charge is 0.202 e. The highest BCUT2D eigenvalue weighted by atomic mass is 16.1. The first-order valence-electron chi connectivity index (χ1n) is 4.52. The van der Waals surface area contributed by atoms with E-state index in [1.807, 2.05) is 14.0 Å². The first kappa shape index (κ1) is 9.57. The first-order chi connectivity index (χ1) is 7.18. The van der Waals surface area contributed by atoms with Crippen LogP contribution in [0.5, 0.6) is 0 Å². The van der Waals surface area contributed by atoms with Gasteiger partial charge in [0, 0.05) is 7.05 Å². The van der Waals surface area contributed by atoms with Gasteiger partial charge >= 0.3 is 0 Å². The molecule has 2 aromatic heterocycles. The molecule has 0 aliphatic carbocycles. The first-order valence-corrected chi connectivity index (χ1v) is 4.52. The summed E-state index contributed by atoms with van der Waals surface area (Å²) in [7, 11) is 1.82. The van der Waals surface area contributed by atoms with Crippen LogP contribution in [0.25, 0.3) is 0 Å².